The molecule has 0 aliphatic heterocycles. The molecule has 3 heterocycles. The maximum atomic E-state index is 4.47. The SMILES string of the molecule is CCc1cnc(C(C)Nc2nccc3c2ncn3C)s1. The van der Waals surface area contributed by atoms with Gasteiger partial charge in [-0.2, -0.15) is 0 Å². The second-order valence-electron chi connectivity index (χ2n) is 4.77. The van der Waals surface area contributed by atoms with Gasteiger partial charge in [-0.3, -0.25) is 0 Å². The molecule has 0 bridgehead atoms. The molecule has 104 valence electrons. The third kappa shape index (κ3) is 2.27. The number of aryl methyl sites for hydroxylation is 2. The molecule has 6 heteroatoms. The molecule has 3 aromatic rings. The van der Waals surface area contributed by atoms with Gasteiger partial charge in [-0.15, -0.1) is 11.3 Å². The lowest BCUT2D eigenvalue weighted by atomic mass is 10.3. The van der Waals surface area contributed by atoms with Crippen molar-refractivity contribution in [3.05, 3.63) is 34.7 Å². The molecule has 0 aromatic carbocycles. The van der Waals surface area contributed by atoms with E-state index in [9.17, 15) is 0 Å². The van der Waals surface area contributed by atoms with Gasteiger partial charge in [-0.25, -0.2) is 15.0 Å². The molecule has 1 unspecified atom stereocenters. The smallest absolute Gasteiger partial charge is 0.154 e. The first kappa shape index (κ1) is 13.1. The predicted octanol–water partition coefficient (Wildman–Crippen LogP) is 3.16. The minimum atomic E-state index is 0.125. The van der Waals surface area contributed by atoms with E-state index in [2.05, 4.69) is 34.1 Å². The maximum absolute atomic E-state index is 4.47. The van der Waals surface area contributed by atoms with Gasteiger partial charge in [0.2, 0.25) is 0 Å². The zero-order chi connectivity index (χ0) is 14.1. The standard InChI is InChI=1S/C14H17N5S/c1-4-10-7-16-14(20-10)9(2)18-13-12-11(5-6-15-13)19(3)8-17-12/h5-9H,4H2,1-3H3,(H,15,18). The molecule has 3 rings (SSSR count). The third-order valence-corrected chi connectivity index (χ3v) is 4.61. The summed E-state index contributed by atoms with van der Waals surface area (Å²) >= 11 is 1.74. The predicted molar refractivity (Wildman–Crippen MR) is 82.0 cm³/mol. The van der Waals surface area contributed by atoms with Crippen LogP contribution in [-0.4, -0.2) is 19.5 Å². The summed E-state index contributed by atoms with van der Waals surface area (Å²) < 4.78 is 1.99. The Kier molecular flexibility index (Phi) is 3.40. The van der Waals surface area contributed by atoms with Crippen LogP contribution in [0.5, 0.6) is 0 Å². The number of pyridine rings is 1. The largest absolute Gasteiger partial charge is 0.359 e. The lowest BCUT2D eigenvalue weighted by Crippen LogP contribution is -2.08. The van der Waals surface area contributed by atoms with Crippen LogP contribution in [0.1, 0.15) is 29.8 Å². The molecule has 0 aliphatic rings. The number of nitrogens with one attached hydrogen (secondary N) is 1. The second kappa shape index (κ2) is 5.20. The average Bonchev–Trinajstić information content (AvgIpc) is 3.07. The van der Waals surface area contributed by atoms with E-state index in [0.717, 1.165) is 28.3 Å². The first-order chi connectivity index (χ1) is 9.69. The van der Waals surface area contributed by atoms with Crippen molar-refractivity contribution in [3.8, 4) is 0 Å². The summed E-state index contributed by atoms with van der Waals surface area (Å²) in [6.45, 7) is 4.24. The van der Waals surface area contributed by atoms with Crippen LogP contribution in [0.3, 0.4) is 0 Å². The Morgan fingerprint density at radius 2 is 2.20 bits per heavy atom. The Hall–Kier alpha value is -1.95. The molecule has 0 saturated heterocycles. The molecular formula is C14H17N5S. The Bertz CT molecular complexity index is 730. The van der Waals surface area contributed by atoms with E-state index in [1.54, 1.807) is 23.9 Å². The molecule has 5 nitrogen and oxygen atoms in total. The Labute approximate surface area is 121 Å². The van der Waals surface area contributed by atoms with Gasteiger partial charge in [0.15, 0.2) is 5.82 Å². The molecule has 0 radical (unpaired) electrons. The summed E-state index contributed by atoms with van der Waals surface area (Å²) in [7, 11) is 1.98. The second-order valence-corrected chi connectivity index (χ2v) is 5.91. The van der Waals surface area contributed by atoms with Gasteiger partial charge in [-0.05, 0) is 19.4 Å². The average molecular weight is 287 g/mol. The van der Waals surface area contributed by atoms with Crippen LogP contribution in [0.4, 0.5) is 5.82 Å². The fourth-order valence-electron chi connectivity index (χ4n) is 2.12. The number of nitrogens with zero attached hydrogens (tertiary/aromatic N) is 4. The number of thiazole rings is 1. The molecule has 0 aliphatic carbocycles. The minimum absolute atomic E-state index is 0.125. The van der Waals surface area contributed by atoms with Crippen LogP contribution in [0.25, 0.3) is 11.0 Å². The summed E-state index contributed by atoms with van der Waals surface area (Å²) in [5.74, 6) is 0.809. The van der Waals surface area contributed by atoms with Crippen LogP contribution >= 0.6 is 11.3 Å². The van der Waals surface area contributed by atoms with Crippen LogP contribution in [-0.2, 0) is 13.5 Å². The Morgan fingerprint density at radius 1 is 1.35 bits per heavy atom. The number of fused-ring (bicyclic) bond motifs is 1. The number of anilines is 1. The van der Waals surface area contributed by atoms with Gasteiger partial charge in [0.1, 0.15) is 10.5 Å². The van der Waals surface area contributed by atoms with Gasteiger partial charge < -0.3 is 9.88 Å². The maximum Gasteiger partial charge on any atom is 0.154 e. The van der Waals surface area contributed by atoms with E-state index < -0.39 is 0 Å². The summed E-state index contributed by atoms with van der Waals surface area (Å²) in [4.78, 5) is 14.6. The van der Waals surface area contributed by atoms with Crippen molar-refractivity contribution >= 4 is 28.2 Å². The highest BCUT2D eigenvalue weighted by Crippen LogP contribution is 2.26. The van der Waals surface area contributed by atoms with Gasteiger partial charge in [0, 0.05) is 24.3 Å². The van der Waals surface area contributed by atoms with Gasteiger partial charge in [-0.1, -0.05) is 6.92 Å². The van der Waals surface area contributed by atoms with E-state index in [1.165, 1.54) is 4.88 Å². The van der Waals surface area contributed by atoms with Gasteiger partial charge >= 0.3 is 0 Å². The van der Waals surface area contributed by atoms with Crippen LogP contribution < -0.4 is 5.32 Å². The molecule has 0 fully saturated rings. The third-order valence-electron chi connectivity index (χ3n) is 3.29. The van der Waals surface area contributed by atoms with E-state index in [1.807, 2.05) is 23.9 Å². The number of aromatic nitrogens is 4. The minimum Gasteiger partial charge on any atom is -0.359 e. The molecule has 1 N–H and O–H groups in total. The van der Waals surface area contributed by atoms with Gasteiger partial charge in [0.05, 0.1) is 17.9 Å². The summed E-state index contributed by atoms with van der Waals surface area (Å²) in [6, 6.07) is 2.09. The molecule has 20 heavy (non-hydrogen) atoms. The lowest BCUT2D eigenvalue weighted by Gasteiger charge is -2.12. The van der Waals surface area contributed by atoms with Crippen molar-refractivity contribution < 1.29 is 0 Å². The van der Waals surface area contributed by atoms with E-state index in [-0.39, 0.29) is 6.04 Å². The van der Waals surface area contributed by atoms with E-state index >= 15 is 0 Å². The van der Waals surface area contributed by atoms with Crippen LogP contribution in [0, 0.1) is 0 Å². The zero-order valence-corrected chi connectivity index (χ0v) is 12.6. The number of rotatable bonds is 4. The number of hydrogen-bond donors (Lipinski definition) is 1. The van der Waals surface area contributed by atoms with E-state index in [0.29, 0.717) is 0 Å². The van der Waals surface area contributed by atoms with Crippen molar-refractivity contribution in [1.29, 1.82) is 0 Å². The fourth-order valence-corrected chi connectivity index (χ4v) is 2.98. The molecule has 0 saturated carbocycles. The summed E-state index contributed by atoms with van der Waals surface area (Å²) in [6.07, 6.45) is 6.59. The summed E-state index contributed by atoms with van der Waals surface area (Å²) in [5.41, 5.74) is 1.97. The van der Waals surface area contributed by atoms with Crippen molar-refractivity contribution in [1.82, 2.24) is 19.5 Å². The highest BCUT2D eigenvalue weighted by Gasteiger charge is 2.13. The number of hydrogen-bond acceptors (Lipinski definition) is 5. The fraction of sp³-hybridized carbons (Fsp3) is 0.357. The van der Waals surface area contributed by atoms with Crippen molar-refractivity contribution in [2.45, 2.75) is 26.3 Å². The Morgan fingerprint density at radius 3 is 2.95 bits per heavy atom. The Balaban J connectivity index is 1.89. The topological polar surface area (TPSA) is 55.6 Å². The molecule has 3 aromatic heterocycles. The first-order valence-electron chi connectivity index (χ1n) is 6.66. The normalized spacial score (nSPS) is 12.8. The van der Waals surface area contributed by atoms with Crippen molar-refractivity contribution in [2.75, 3.05) is 5.32 Å². The lowest BCUT2D eigenvalue weighted by molar-refractivity contribution is 0.862. The van der Waals surface area contributed by atoms with Crippen molar-refractivity contribution in [3.63, 3.8) is 0 Å². The molecule has 1 atom stereocenters. The van der Waals surface area contributed by atoms with Gasteiger partial charge in [0.25, 0.3) is 0 Å². The van der Waals surface area contributed by atoms with Crippen LogP contribution in [0.2, 0.25) is 0 Å². The molecular weight excluding hydrogens is 270 g/mol. The monoisotopic (exact) mass is 287 g/mol. The van der Waals surface area contributed by atoms with Crippen molar-refractivity contribution in [2.24, 2.45) is 7.05 Å². The quantitative estimate of drug-likeness (QED) is 0.801. The zero-order valence-electron chi connectivity index (χ0n) is 11.8. The summed E-state index contributed by atoms with van der Waals surface area (Å²) in [5, 5.41) is 4.49. The number of imidazole rings is 1. The van der Waals surface area contributed by atoms with E-state index in [4.69, 9.17) is 0 Å². The molecule has 0 amide bonds. The van der Waals surface area contributed by atoms with Crippen LogP contribution in [0.15, 0.2) is 24.8 Å². The highest BCUT2D eigenvalue weighted by atomic mass is 32.1. The highest BCUT2D eigenvalue weighted by molar-refractivity contribution is 7.11. The first-order valence-corrected chi connectivity index (χ1v) is 7.48. The molecule has 0 spiro atoms.